The van der Waals surface area contributed by atoms with Crippen LogP contribution in [0.25, 0.3) is 0 Å². The van der Waals surface area contributed by atoms with Gasteiger partial charge in [0.05, 0.1) is 11.5 Å². The van der Waals surface area contributed by atoms with Gasteiger partial charge in [0.2, 0.25) is 0 Å². The molecule has 0 aliphatic heterocycles. The summed E-state index contributed by atoms with van der Waals surface area (Å²) in [6.45, 7) is 17.3. The maximum Gasteiger partial charge on any atom is 0.309 e. The van der Waals surface area contributed by atoms with Crippen molar-refractivity contribution in [3.05, 3.63) is 47.5 Å². The van der Waals surface area contributed by atoms with E-state index in [1.54, 1.807) is 0 Å². The van der Waals surface area contributed by atoms with Gasteiger partial charge in [-0.3, -0.25) is 9.59 Å². The van der Waals surface area contributed by atoms with Crippen molar-refractivity contribution in [2.24, 2.45) is 50.2 Å². The maximum absolute atomic E-state index is 14.6. The average Bonchev–Trinajstić information content (AvgIpc) is 2.94. The zero-order valence-electron chi connectivity index (χ0n) is 27.9. The van der Waals surface area contributed by atoms with Crippen LogP contribution in [0.1, 0.15) is 118 Å². The van der Waals surface area contributed by atoms with E-state index in [0.717, 1.165) is 70.8 Å². The van der Waals surface area contributed by atoms with Gasteiger partial charge >= 0.3 is 5.97 Å². The van der Waals surface area contributed by atoms with Gasteiger partial charge in [-0.25, -0.2) is 0 Å². The molecular weight excluding hydrogens is 532 g/mol. The quantitative estimate of drug-likeness (QED) is 0.337. The number of carboxylic acids is 1. The first-order valence-electron chi connectivity index (χ1n) is 17.3. The molecule has 3 unspecified atom stereocenters. The predicted octanol–water partition coefficient (Wildman–Crippen LogP) is 9.07. The van der Waals surface area contributed by atoms with Crippen molar-refractivity contribution in [3.8, 4) is 0 Å². The van der Waals surface area contributed by atoms with Crippen molar-refractivity contribution >= 4 is 11.8 Å². The molecule has 0 amide bonds. The summed E-state index contributed by atoms with van der Waals surface area (Å²) in [7, 11) is 0. The van der Waals surface area contributed by atoms with Gasteiger partial charge in [-0.1, -0.05) is 77.4 Å². The Bertz CT molecular complexity index is 1300. The molecule has 0 aromatic heterocycles. The number of hydrogen-bond donors (Lipinski definition) is 1. The first kappa shape index (κ1) is 31.1. The largest absolute Gasteiger partial charge is 0.481 e. The van der Waals surface area contributed by atoms with Crippen molar-refractivity contribution in [3.63, 3.8) is 0 Å². The fourth-order valence-electron chi connectivity index (χ4n) is 11.8. The summed E-state index contributed by atoms with van der Waals surface area (Å²) < 4.78 is 6.67. The van der Waals surface area contributed by atoms with Crippen molar-refractivity contribution < 1.29 is 19.4 Å². The number of rotatable bonds is 6. The van der Waals surface area contributed by atoms with E-state index in [9.17, 15) is 14.7 Å². The zero-order chi connectivity index (χ0) is 31.1. The van der Waals surface area contributed by atoms with E-state index >= 15 is 0 Å². The van der Waals surface area contributed by atoms with Crippen LogP contribution in [0.5, 0.6) is 0 Å². The van der Waals surface area contributed by atoms with Gasteiger partial charge < -0.3 is 9.84 Å². The van der Waals surface area contributed by atoms with Gasteiger partial charge in [0.1, 0.15) is 0 Å². The minimum atomic E-state index is -0.711. The number of carboxylic acid groups (broad SMARTS) is 1. The molecule has 0 spiro atoms. The lowest BCUT2D eigenvalue weighted by Gasteiger charge is -2.70. The summed E-state index contributed by atoms with van der Waals surface area (Å²) in [5.74, 6) is 0.261. The molecule has 5 aliphatic carbocycles. The fourth-order valence-corrected chi connectivity index (χ4v) is 11.8. The molecule has 6 rings (SSSR count). The molecule has 4 saturated carbocycles. The Kier molecular flexibility index (Phi) is 7.43. The van der Waals surface area contributed by atoms with Crippen LogP contribution in [-0.2, 0) is 20.7 Å². The highest BCUT2D eigenvalue weighted by Gasteiger charge is 2.70. The Balaban J connectivity index is 1.26. The Hall–Kier alpha value is -1.94. The van der Waals surface area contributed by atoms with Crippen LogP contribution in [0.4, 0.5) is 0 Å². The molecule has 1 aromatic rings. The van der Waals surface area contributed by atoms with Gasteiger partial charge in [-0.05, 0) is 128 Å². The maximum atomic E-state index is 14.6. The van der Waals surface area contributed by atoms with Crippen LogP contribution in [-0.4, -0.2) is 29.6 Å². The standard InChI is InChI=1S/C39H56O4/c1-34(2)30-15-18-39(7)32(37(30,5)17-16-31(34)43-23-11-14-26-12-9-8-10-13-26)29(40)24-27-28-25-36(4,33(41)42)20-19-35(28,3)21-22-38(27,39)6/h8-10,12-13,24,28,30-32H,11,14-23,25H2,1-7H3,(H,41,42)/t28?,30?,31-,32?,35+,36-,37-,38+,39+/m0/s1. The van der Waals surface area contributed by atoms with Gasteiger partial charge in [-0.2, -0.15) is 0 Å². The molecule has 0 radical (unpaired) electrons. The number of fused-ring (bicyclic) bond motifs is 7. The SMILES string of the molecule is CC1(C)C2CC[C@]3(C)C(C(=O)C=C4C5C[C@@](C)(C(=O)O)CC[C@]5(C)CC[C@]43C)[C@@]2(C)CC[C@@H]1OCCCc1ccccc1. The first-order valence-corrected chi connectivity index (χ1v) is 17.3. The summed E-state index contributed by atoms with van der Waals surface area (Å²) in [4.78, 5) is 27.0. The highest BCUT2D eigenvalue weighted by molar-refractivity contribution is 5.95. The van der Waals surface area contributed by atoms with Crippen LogP contribution >= 0.6 is 0 Å². The minimum absolute atomic E-state index is 0.00403. The molecule has 0 heterocycles. The molecule has 9 atom stereocenters. The molecule has 4 nitrogen and oxygen atoms in total. The summed E-state index contributed by atoms with van der Waals surface area (Å²) in [6.07, 6.45) is 13.2. The summed E-state index contributed by atoms with van der Waals surface area (Å²) >= 11 is 0. The zero-order valence-corrected chi connectivity index (χ0v) is 27.9. The van der Waals surface area contributed by atoms with Crippen LogP contribution in [0, 0.1) is 50.2 Å². The van der Waals surface area contributed by atoms with Gasteiger partial charge in [0.25, 0.3) is 0 Å². The fraction of sp³-hybridized carbons (Fsp3) is 0.744. The Morgan fingerprint density at radius 2 is 1.60 bits per heavy atom. The molecule has 4 heteroatoms. The highest BCUT2D eigenvalue weighted by atomic mass is 16.5. The summed E-state index contributed by atoms with van der Waals surface area (Å²) in [5.41, 5.74) is 1.80. The molecule has 236 valence electrons. The van der Waals surface area contributed by atoms with Gasteiger partial charge in [0, 0.05) is 12.5 Å². The molecule has 43 heavy (non-hydrogen) atoms. The van der Waals surface area contributed by atoms with Crippen LogP contribution in [0.15, 0.2) is 42.0 Å². The number of carbonyl (C=O) groups is 2. The molecule has 0 saturated heterocycles. The lowest BCUT2D eigenvalue weighted by molar-refractivity contribution is -0.209. The molecule has 0 bridgehead atoms. The van der Waals surface area contributed by atoms with Gasteiger partial charge in [-0.15, -0.1) is 0 Å². The Morgan fingerprint density at radius 1 is 0.907 bits per heavy atom. The monoisotopic (exact) mass is 588 g/mol. The van der Waals surface area contributed by atoms with Crippen LogP contribution < -0.4 is 0 Å². The number of hydrogen-bond acceptors (Lipinski definition) is 3. The lowest BCUT2D eigenvalue weighted by Crippen LogP contribution is -2.66. The third-order valence-electron chi connectivity index (χ3n) is 14.8. The number of ketones is 1. The van der Waals surface area contributed by atoms with Crippen molar-refractivity contribution in [2.45, 2.75) is 125 Å². The van der Waals surface area contributed by atoms with E-state index in [2.05, 4.69) is 78.0 Å². The first-order chi connectivity index (χ1) is 20.1. The van der Waals surface area contributed by atoms with E-state index in [1.807, 2.05) is 6.92 Å². The molecule has 1 aromatic carbocycles. The second-order valence-electron chi connectivity index (χ2n) is 17.4. The highest BCUT2D eigenvalue weighted by Crippen LogP contribution is 2.75. The smallest absolute Gasteiger partial charge is 0.309 e. The number of allylic oxidation sites excluding steroid dienone is 2. The summed E-state index contributed by atoms with van der Waals surface area (Å²) in [5, 5.41) is 10.2. The Morgan fingerprint density at radius 3 is 2.30 bits per heavy atom. The average molecular weight is 589 g/mol. The molecule has 5 aliphatic rings. The van der Waals surface area contributed by atoms with Crippen molar-refractivity contribution in [2.75, 3.05) is 6.61 Å². The third kappa shape index (κ3) is 4.54. The lowest BCUT2D eigenvalue weighted by atomic mass is 9.33. The predicted molar refractivity (Wildman–Crippen MR) is 172 cm³/mol. The summed E-state index contributed by atoms with van der Waals surface area (Å²) in [6, 6.07) is 10.7. The topological polar surface area (TPSA) is 63.6 Å². The Labute approximate surface area is 260 Å². The second kappa shape index (κ2) is 10.3. The number of benzene rings is 1. The normalized spacial score (nSPS) is 45.2. The van der Waals surface area contributed by atoms with Crippen LogP contribution in [0.2, 0.25) is 0 Å². The molecule has 4 fully saturated rings. The van der Waals surface area contributed by atoms with E-state index in [1.165, 1.54) is 11.1 Å². The number of ether oxygens (including phenoxy) is 1. The minimum Gasteiger partial charge on any atom is -0.481 e. The van der Waals surface area contributed by atoms with Crippen LogP contribution in [0.3, 0.4) is 0 Å². The molecule has 1 N–H and O–H groups in total. The van der Waals surface area contributed by atoms with E-state index in [0.29, 0.717) is 18.1 Å². The van der Waals surface area contributed by atoms with E-state index in [-0.39, 0.29) is 45.0 Å². The van der Waals surface area contributed by atoms with Crippen molar-refractivity contribution in [1.29, 1.82) is 0 Å². The number of carbonyl (C=O) groups excluding carboxylic acids is 1. The van der Waals surface area contributed by atoms with Crippen molar-refractivity contribution in [1.82, 2.24) is 0 Å². The number of aliphatic carboxylic acids is 1. The third-order valence-corrected chi connectivity index (χ3v) is 14.8. The van der Waals surface area contributed by atoms with E-state index in [4.69, 9.17) is 4.74 Å². The van der Waals surface area contributed by atoms with Gasteiger partial charge in [0.15, 0.2) is 5.78 Å². The number of aryl methyl sites for hydroxylation is 1. The van der Waals surface area contributed by atoms with E-state index < -0.39 is 11.4 Å². The second-order valence-corrected chi connectivity index (χ2v) is 17.4. The molecular formula is C39H56O4.